The summed E-state index contributed by atoms with van der Waals surface area (Å²) in [6, 6.07) is 21.3. The lowest BCUT2D eigenvalue weighted by Gasteiger charge is -2.08. The Morgan fingerprint density at radius 2 is 1.45 bits per heavy atom. The first-order valence-electron chi connectivity index (χ1n) is 6.79. The van der Waals surface area contributed by atoms with Gasteiger partial charge in [-0.3, -0.25) is 0 Å². The highest BCUT2D eigenvalue weighted by atomic mass is 16.3. The van der Waals surface area contributed by atoms with Crippen molar-refractivity contribution in [3.8, 4) is 11.3 Å². The first-order chi connectivity index (χ1) is 9.83. The number of hydrogen-bond acceptors (Lipinski definition) is 1. The standard InChI is InChI=1S/C19H14O/c1-13-10-19(20-12-13)18-11-14-6-2-3-7-15(14)16-8-4-5-9-17(16)18/h2-12H,1H3. The molecule has 0 unspecified atom stereocenters. The largest absolute Gasteiger partial charge is 0.464 e. The van der Waals surface area contributed by atoms with Crippen LogP contribution in [0.4, 0.5) is 0 Å². The third-order valence-electron chi connectivity index (χ3n) is 3.76. The molecule has 0 aliphatic heterocycles. The average Bonchev–Trinajstić information content (AvgIpc) is 2.93. The van der Waals surface area contributed by atoms with Gasteiger partial charge in [-0.25, -0.2) is 0 Å². The lowest BCUT2D eigenvalue weighted by atomic mass is 9.96. The minimum Gasteiger partial charge on any atom is -0.464 e. The van der Waals surface area contributed by atoms with Gasteiger partial charge in [-0.05, 0) is 46.2 Å². The van der Waals surface area contributed by atoms with Crippen LogP contribution in [0.15, 0.2) is 71.3 Å². The summed E-state index contributed by atoms with van der Waals surface area (Å²) in [5, 5.41) is 5.04. The molecule has 0 spiro atoms. The lowest BCUT2D eigenvalue weighted by molar-refractivity contribution is 0.581. The van der Waals surface area contributed by atoms with Crippen molar-refractivity contribution in [3.05, 3.63) is 72.5 Å². The second kappa shape index (κ2) is 4.24. The predicted octanol–water partition coefficient (Wildman–Crippen LogP) is 5.56. The molecule has 1 aromatic heterocycles. The van der Waals surface area contributed by atoms with Gasteiger partial charge >= 0.3 is 0 Å². The quantitative estimate of drug-likeness (QED) is 0.407. The molecule has 0 radical (unpaired) electrons. The Labute approximate surface area is 117 Å². The molecule has 96 valence electrons. The third kappa shape index (κ3) is 1.64. The lowest BCUT2D eigenvalue weighted by Crippen LogP contribution is -1.82. The fourth-order valence-electron chi connectivity index (χ4n) is 2.83. The fraction of sp³-hybridized carbons (Fsp3) is 0.0526. The summed E-state index contributed by atoms with van der Waals surface area (Å²) < 4.78 is 5.71. The normalized spacial score (nSPS) is 11.2. The molecule has 0 aliphatic carbocycles. The zero-order valence-electron chi connectivity index (χ0n) is 11.3. The minimum absolute atomic E-state index is 0.935. The van der Waals surface area contributed by atoms with Gasteiger partial charge in [-0.2, -0.15) is 0 Å². The highest BCUT2D eigenvalue weighted by molar-refractivity contribution is 6.13. The van der Waals surface area contributed by atoms with Crippen LogP contribution in [0.5, 0.6) is 0 Å². The molecular weight excluding hydrogens is 244 g/mol. The Kier molecular flexibility index (Phi) is 2.40. The number of fused-ring (bicyclic) bond motifs is 3. The van der Waals surface area contributed by atoms with Gasteiger partial charge < -0.3 is 4.42 Å². The highest BCUT2D eigenvalue weighted by Crippen LogP contribution is 2.35. The first-order valence-corrected chi connectivity index (χ1v) is 6.79. The summed E-state index contributed by atoms with van der Waals surface area (Å²) in [7, 11) is 0. The van der Waals surface area contributed by atoms with Crippen LogP contribution >= 0.6 is 0 Å². The number of benzene rings is 3. The van der Waals surface area contributed by atoms with Gasteiger partial charge in [0.1, 0.15) is 5.76 Å². The van der Waals surface area contributed by atoms with Gasteiger partial charge in [0.15, 0.2) is 0 Å². The van der Waals surface area contributed by atoms with Gasteiger partial charge in [-0.15, -0.1) is 0 Å². The SMILES string of the molecule is Cc1coc(-c2cc3ccccc3c3ccccc23)c1. The highest BCUT2D eigenvalue weighted by Gasteiger charge is 2.10. The maximum Gasteiger partial charge on any atom is 0.134 e. The number of aryl methyl sites for hydroxylation is 1. The molecule has 0 atom stereocenters. The van der Waals surface area contributed by atoms with Crippen LogP contribution in [0, 0.1) is 6.92 Å². The van der Waals surface area contributed by atoms with Crippen molar-refractivity contribution in [2.45, 2.75) is 6.92 Å². The molecule has 0 fully saturated rings. The summed E-state index contributed by atoms with van der Waals surface area (Å²) in [5.74, 6) is 0.935. The summed E-state index contributed by atoms with van der Waals surface area (Å²) in [5.41, 5.74) is 2.31. The predicted molar refractivity (Wildman–Crippen MR) is 83.9 cm³/mol. The van der Waals surface area contributed by atoms with E-state index in [1.54, 1.807) is 6.26 Å². The van der Waals surface area contributed by atoms with Crippen molar-refractivity contribution in [2.24, 2.45) is 0 Å². The van der Waals surface area contributed by atoms with Crippen molar-refractivity contribution in [1.82, 2.24) is 0 Å². The van der Waals surface area contributed by atoms with E-state index in [0.717, 1.165) is 16.9 Å². The molecule has 0 saturated carbocycles. The molecule has 1 heterocycles. The van der Waals surface area contributed by atoms with Crippen LogP contribution < -0.4 is 0 Å². The van der Waals surface area contributed by atoms with Crippen molar-refractivity contribution >= 4 is 21.5 Å². The molecule has 0 bridgehead atoms. The van der Waals surface area contributed by atoms with Gasteiger partial charge in [-0.1, -0.05) is 48.5 Å². The monoisotopic (exact) mass is 258 g/mol. The fourth-order valence-corrected chi connectivity index (χ4v) is 2.83. The van der Waals surface area contributed by atoms with Crippen molar-refractivity contribution in [3.63, 3.8) is 0 Å². The number of rotatable bonds is 1. The number of furan rings is 1. The van der Waals surface area contributed by atoms with Gasteiger partial charge in [0.25, 0.3) is 0 Å². The van der Waals surface area contributed by atoms with Gasteiger partial charge in [0.2, 0.25) is 0 Å². The van der Waals surface area contributed by atoms with Crippen molar-refractivity contribution in [1.29, 1.82) is 0 Å². The second-order valence-electron chi connectivity index (χ2n) is 5.18. The Bertz CT molecular complexity index is 915. The smallest absolute Gasteiger partial charge is 0.134 e. The van der Waals surface area contributed by atoms with Crippen molar-refractivity contribution in [2.75, 3.05) is 0 Å². The van der Waals surface area contributed by atoms with Crippen molar-refractivity contribution < 1.29 is 4.42 Å². The van der Waals surface area contributed by atoms with E-state index in [4.69, 9.17) is 4.42 Å². The molecule has 1 heteroatoms. The Hall–Kier alpha value is -2.54. The van der Waals surface area contributed by atoms with Gasteiger partial charge in [0.05, 0.1) is 6.26 Å². The summed E-state index contributed by atoms with van der Waals surface area (Å²) in [6.07, 6.45) is 1.80. The molecule has 0 N–H and O–H groups in total. The van der Waals surface area contributed by atoms with E-state index in [2.05, 4.69) is 67.6 Å². The van der Waals surface area contributed by atoms with E-state index < -0.39 is 0 Å². The molecule has 0 aliphatic rings. The zero-order chi connectivity index (χ0) is 13.5. The molecule has 0 saturated heterocycles. The molecule has 1 nitrogen and oxygen atoms in total. The summed E-state index contributed by atoms with van der Waals surface area (Å²) in [4.78, 5) is 0. The van der Waals surface area contributed by atoms with Crippen LogP contribution in [0.2, 0.25) is 0 Å². The summed E-state index contributed by atoms with van der Waals surface area (Å²) in [6.45, 7) is 2.05. The molecule has 4 rings (SSSR count). The maximum absolute atomic E-state index is 5.71. The second-order valence-corrected chi connectivity index (χ2v) is 5.18. The van der Waals surface area contributed by atoms with Crippen LogP contribution in [0.1, 0.15) is 5.56 Å². The van der Waals surface area contributed by atoms with E-state index >= 15 is 0 Å². The van der Waals surface area contributed by atoms with E-state index in [0.29, 0.717) is 0 Å². The molecule has 0 amide bonds. The maximum atomic E-state index is 5.71. The van der Waals surface area contributed by atoms with Crippen LogP contribution in [0.3, 0.4) is 0 Å². The third-order valence-corrected chi connectivity index (χ3v) is 3.76. The van der Waals surface area contributed by atoms with E-state index in [1.807, 2.05) is 0 Å². The summed E-state index contributed by atoms with van der Waals surface area (Å²) >= 11 is 0. The molecule has 4 aromatic rings. The van der Waals surface area contributed by atoms with Gasteiger partial charge in [0, 0.05) is 5.56 Å². The van der Waals surface area contributed by atoms with Crippen LogP contribution in [-0.4, -0.2) is 0 Å². The molecule has 3 aromatic carbocycles. The minimum atomic E-state index is 0.935. The van der Waals surface area contributed by atoms with Crippen LogP contribution in [-0.2, 0) is 0 Å². The van der Waals surface area contributed by atoms with E-state index in [-0.39, 0.29) is 0 Å². The average molecular weight is 258 g/mol. The Morgan fingerprint density at radius 1 is 0.750 bits per heavy atom. The first kappa shape index (κ1) is 11.3. The Morgan fingerprint density at radius 3 is 2.20 bits per heavy atom. The number of hydrogen-bond donors (Lipinski definition) is 0. The van der Waals surface area contributed by atoms with Crippen LogP contribution in [0.25, 0.3) is 32.9 Å². The molecular formula is C19H14O. The topological polar surface area (TPSA) is 13.1 Å². The molecule has 20 heavy (non-hydrogen) atoms. The zero-order valence-corrected chi connectivity index (χ0v) is 11.3. The van der Waals surface area contributed by atoms with E-state index in [1.165, 1.54) is 21.5 Å². The Balaban J connectivity index is 2.18. The van der Waals surface area contributed by atoms with E-state index in [9.17, 15) is 0 Å².